The number of hydrogen-bond donors (Lipinski definition) is 2. The van der Waals surface area contributed by atoms with E-state index >= 15 is 0 Å². The number of rotatable bonds is 7. The Morgan fingerprint density at radius 3 is 2.88 bits per heavy atom. The lowest BCUT2D eigenvalue weighted by Crippen LogP contribution is -2.48. The molecule has 1 atom stereocenters. The number of hydrogen-bond acceptors (Lipinski definition) is 4. The van der Waals surface area contributed by atoms with Gasteiger partial charge >= 0.3 is 0 Å². The van der Waals surface area contributed by atoms with Gasteiger partial charge in [-0.1, -0.05) is 37.8 Å². The lowest BCUT2D eigenvalue weighted by molar-refractivity contribution is 0.00414. The molecule has 1 fully saturated rings. The molecule has 0 saturated carbocycles. The first-order chi connectivity index (χ1) is 8.27. The Kier molecular flexibility index (Phi) is 6.96. The minimum atomic E-state index is -0.246. The summed E-state index contributed by atoms with van der Waals surface area (Å²) in [6.45, 7) is 5.66. The van der Waals surface area contributed by atoms with Gasteiger partial charge in [0.25, 0.3) is 0 Å². The Hall–Kier alpha value is -0.810. The van der Waals surface area contributed by atoms with Gasteiger partial charge in [0.15, 0.2) is 5.84 Å². The average Bonchev–Trinajstić information content (AvgIpc) is 2.38. The zero-order valence-corrected chi connectivity index (χ0v) is 10.8. The summed E-state index contributed by atoms with van der Waals surface area (Å²) in [5, 5.41) is 11.6. The Labute approximate surface area is 104 Å². The molecule has 0 aromatic rings. The molecule has 0 radical (unpaired) electrons. The molecule has 0 aromatic heterocycles. The van der Waals surface area contributed by atoms with Crippen molar-refractivity contribution in [3.63, 3.8) is 0 Å². The van der Waals surface area contributed by atoms with Gasteiger partial charge in [-0.05, 0) is 13.0 Å². The molecule has 0 bridgehead atoms. The van der Waals surface area contributed by atoms with E-state index in [-0.39, 0.29) is 11.9 Å². The molecule has 0 amide bonds. The fourth-order valence-electron chi connectivity index (χ4n) is 2.09. The van der Waals surface area contributed by atoms with Gasteiger partial charge in [-0.2, -0.15) is 0 Å². The van der Waals surface area contributed by atoms with Gasteiger partial charge in [-0.3, -0.25) is 4.90 Å². The quantitative estimate of drug-likeness (QED) is 0.233. The van der Waals surface area contributed by atoms with Crippen molar-refractivity contribution in [2.24, 2.45) is 10.9 Å². The molecule has 1 heterocycles. The third kappa shape index (κ3) is 5.37. The third-order valence-electron chi connectivity index (χ3n) is 3.17. The number of ether oxygens (including phenoxy) is 1. The van der Waals surface area contributed by atoms with E-state index in [9.17, 15) is 0 Å². The molecule has 0 spiro atoms. The molecular formula is C12H25N3O2. The van der Waals surface area contributed by atoms with Crippen LogP contribution in [0.1, 0.15) is 39.0 Å². The summed E-state index contributed by atoms with van der Waals surface area (Å²) in [7, 11) is 0. The van der Waals surface area contributed by atoms with Crippen molar-refractivity contribution >= 4 is 5.84 Å². The first-order valence-electron chi connectivity index (χ1n) is 6.59. The molecule has 5 nitrogen and oxygen atoms in total. The van der Waals surface area contributed by atoms with Gasteiger partial charge in [-0.15, -0.1) is 0 Å². The van der Waals surface area contributed by atoms with Crippen LogP contribution in [0, 0.1) is 0 Å². The van der Waals surface area contributed by atoms with E-state index in [0.717, 1.165) is 19.6 Å². The minimum absolute atomic E-state index is 0.181. The predicted molar refractivity (Wildman–Crippen MR) is 68.3 cm³/mol. The summed E-state index contributed by atoms with van der Waals surface area (Å²) < 4.78 is 5.45. The molecule has 1 unspecified atom stereocenters. The molecule has 100 valence electrons. The van der Waals surface area contributed by atoms with Crippen LogP contribution in [0.4, 0.5) is 0 Å². The molecule has 17 heavy (non-hydrogen) atoms. The molecule has 1 saturated heterocycles. The number of oxime groups is 1. The van der Waals surface area contributed by atoms with Crippen LogP contribution in [0.3, 0.4) is 0 Å². The molecule has 0 aliphatic carbocycles. The van der Waals surface area contributed by atoms with E-state index in [1.807, 2.05) is 0 Å². The first kappa shape index (κ1) is 14.3. The monoisotopic (exact) mass is 243 g/mol. The van der Waals surface area contributed by atoms with Crippen LogP contribution in [0.5, 0.6) is 0 Å². The van der Waals surface area contributed by atoms with Crippen molar-refractivity contribution in [3.8, 4) is 0 Å². The second kappa shape index (κ2) is 8.31. The maximum Gasteiger partial charge on any atom is 0.169 e. The third-order valence-corrected chi connectivity index (χ3v) is 3.17. The highest BCUT2D eigenvalue weighted by molar-refractivity contribution is 5.84. The minimum Gasteiger partial charge on any atom is -0.409 e. The van der Waals surface area contributed by atoms with Crippen LogP contribution < -0.4 is 5.73 Å². The fraction of sp³-hybridized carbons (Fsp3) is 0.917. The van der Waals surface area contributed by atoms with Gasteiger partial charge in [0.1, 0.15) is 6.10 Å². The summed E-state index contributed by atoms with van der Waals surface area (Å²) in [4.78, 5) is 2.33. The Morgan fingerprint density at radius 2 is 2.18 bits per heavy atom. The van der Waals surface area contributed by atoms with Crippen LogP contribution in [-0.2, 0) is 4.74 Å². The van der Waals surface area contributed by atoms with E-state index in [1.54, 1.807) is 0 Å². The maximum atomic E-state index is 8.61. The molecule has 1 aliphatic heterocycles. The normalized spacial score (nSPS) is 22.9. The lowest BCUT2D eigenvalue weighted by Gasteiger charge is -2.32. The van der Waals surface area contributed by atoms with Crippen LogP contribution in [0.2, 0.25) is 0 Å². The van der Waals surface area contributed by atoms with Crippen molar-refractivity contribution in [2.75, 3.05) is 26.2 Å². The highest BCUT2D eigenvalue weighted by Crippen LogP contribution is 2.08. The van der Waals surface area contributed by atoms with E-state index in [4.69, 9.17) is 15.7 Å². The average molecular weight is 243 g/mol. The maximum absolute atomic E-state index is 8.61. The van der Waals surface area contributed by atoms with Crippen molar-refractivity contribution in [1.82, 2.24) is 4.90 Å². The highest BCUT2D eigenvalue weighted by atomic mass is 16.5. The number of nitrogens with two attached hydrogens (primary N) is 1. The van der Waals surface area contributed by atoms with Crippen molar-refractivity contribution in [2.45, 2.75) is 45.1 Å². The van der Waals surface area contributed by atoms with Crippen molar-refractivity contribution < 1.29 is 9.94 Å². The lowest BCUT2D eigenvalue weighted by atomic mass is 10.1. The zero-order chi connectivity index (χ0) is 12.5. The zero-order valence-electron chi connectivity index (χ0n) is 10.8. The van der Waals surface area contributed by atoms with Crippen LogP contribution >= 0.6 is 0 Å². The van der Waals surface area contributed by atoms with Gasteiger partial charge in [-0.25, -0.2) is 0 Å². The summed E-state index contributed by atoms with van der Waals surface area (Å²) >= 11 is 0. The highest BCUT2D eigenvalue weighted by Gasteiger charge is 2.23. The van der Waals surface area contributed by atoms with E-state index < -0.39 is 0 Å². The number of unbranched alkanes of at least 4 members (excludes halogenated alkanes) is 4. The van der Waals surface area contributed by atoms with E-state index in [1.165, 1.54) is 32.1 Å². The second-order valence-electron chi connectivity index (χ2n) is 4.60. The molecule has 0 aromatic carbocycles. The van der Waals surface area contributed by atoms with E-state index in [0.29, 0.717) is 6.61 Å². The van der Waals surface area contributed by atoms with Crippen LogP contribution in [-0.4, -0.2) is 48.3 Å². The summed E-state index contributed by atoms with van der Waals surface area (Å²) in [6.07, 6.45) is 6.20. The number of amidine groups is 1. The summed E-state index contributed by atoms with van der Waals surface area (Å²) in [5.41, 5.74) is 5.55. The topological polar surface area (TPSA) is 71.1 Å². The molecule has 3 N–H and O–H groups in total. The summed E-state index contributed by atoms with van der Waals surface area (Å²) in [5.74, 6) is 0.181. The molecular weight excluding hydrogens is 218 g/mol. The van der Waals surface area contributed by atoms with Gasteiger partial charge in [0.05, 0.1) is 6.61 Å². The largest absolute Gasteiger partial charge is 0.409 e. The number of nitrogens with zero attached hydrogens (tertiary/aromatic N) is 2. The molecule has 1 rings (SSSR count). The fourth-order valence-corrected chi connectivity index (χ4v) is 2.09. The van der Waals surface area contributed by atoms with Crippen molar-refractivity contribution in [3.05, 3.63) is 0 Å². The Balaban J connectivity index is 2.16. The smallest absolute Gasteiger partial charge is 0.169 e. The standard InChI is InChI=1S/C12H25N3O2/c1-2-3-4-5-6-7-15-8-9-17-11(10-15)12(13)14-16/h11,16H,2-10H2,1H3,(H2,13,14). The van der Waals surface area contributed by atoms with E-state index in [2.05, 4.69) is 17.0 Å². The van der Waals surface area contributed by atoms with Crippen molar-refractivity contribution in [1.29, 1.82) is 0 Å². The van der Waals surface area contributed by atoms with Gasteiger partial charge < -0.3 is 15.7 Å². The Bertz CT molecular complexity index is 234. The molecule has 5 heteroatoms. The van der Waals surface area contributed by atoms with Crippen LogP contribution in [0.15, 0.2) is 5.16 Å². The molecule has 1 aliphatic rings. The van der Waals surface area contributed by atoms with Gasteiger partial charge in [0, 0.05) is 13.1 Å². The number of morpholine rings is 1. The Morgan fingerprint density at radius 1 is 1.41 bits per heavy atom. The van der Waals surface area contributed by atoms with Gasteiger partial charge in [0.2, 0.25) is 0 Å². The predicted octanol–water partition coefficient (Wildman–Crippen LogP) is 1.40. The SMILES string of the molecule is CCCCCCCN1CCOC(C(N)=NO)C1. The second-order valence-corrected chi connectivity index (χ2v) is 4.60. The van der Waals surface area contributed by atoms with Crippen LogP contribution in [0.25, 0.3) is 0 Å². The first-order valence-corrected chi connectivity index (χ1v) is 6.59. The summed E-state index contributed by atoms with van der Waals surface area (Å²) in [6, 6.07) is 0.